The predicted molar refractivity (Wildman–Crippen MR) is 69.8 cm³/mol. The molecule has 8 heteroatoms. The first-order chi connectivity index (χ1) is 8.91. The topological polar surface area (TPSA) is 93.3 Å². The Kier molecular flexibility index (Phi) is 5.43. The van der Waals surface area contributed by atoms with E-state index < -0.39 is 11.0 Å². The summed E-state index contributed by atoms with van der Waals surface area (Å²) >= 11 is 0. The van der Waals surface area contributed by atoms with Crippen molar-refractivity contribution in [1.29, 1.82) is 0 Å². The molecule has 0 bridgehead atoms. The van der Waals surface area contributed by atoms with Crippen molar-refractivity contribution in [2.75, 3.05) is 27.2 Å². The third kappa shape index (κ3) is 4.66. The highest BCUT2D eigenvalue weighted by Gasteiger charge is 2.18. The van der Waals surface area contributed by atoms with E-state index in [0.29, 0.717) is 6.54 Å². The molecule has 8 nitrogen and oxygen atoms in total. The van der Waals surface area contributed by atoms with Gasteiger partial charge in [-0.2, -0.15) is 5.10 Å². The van der Waals surface area contributed by atoms with Gasteiger partial charge in [-0.15, -0.1) is 0 Å². The van der Waals surface area contributed by atoms with Crippen LogP contribution in [0.25, 0.3) is 0 Å². The van der Waals surface area contributed by atoms with Crippen LogP contribution in [0.5, 0.6) is 0 Å². The molecule has 0 radical (unpaired) electrons. The molecule has 0 fully saturated rings. The largest absolute Gasteiger partial charge is 0.354 e. The summed E-state index contributed by atoms with van der Waals surface area (Å²) in [5.74, 6) is -0.197. The molecular formula is C11H19N5O3. The summed E-state index contributed by atoms with van der Waals surface area (Å²) in [4.78, 5) is 23.8. The molecule has 1 heterocycles. The third-order valence-corrected chi connectivity index (χ3v) is 2.66. The summed E-state index contributed by atoms with van der Waals surface area (Å²) in [5.41, 5.74) is -0.118. The van der Waals surface area contributed by atoms with Crippen molar-refractivity contribution in [2.24, 2.45) is 0 Å². The molecule has 0 aliphatic heterocycles. The second kappa shape index (κ2) is 6.83. The Morgan fingerprint density at radius 1 is 1.63 bits per heavy atom. The summed E-state index contributed by atoms with van der Waals surface area (Å²) in [6, 6.07) is -0.562. The van der Waals surface area contributed by atoms with Gasteiger partial charge in [0.1, 0.15) is 18.4 Å². The van der Waals surface area contributed by atoms with Gasteiger partial charge in [0.05, 0.1) is 4.92 Å². The third-order valence-electron chi connectivity index (χ3n) is 2.66. The van der Waals surface area contributed by atoms with Crippen LogP contribution in [0.4, 0.5) is 5.69 Å². The Labute approximate surface area is 111 Å². The van der Waals surface area contributed by atoms with Crippen LogP contribution in [0.2, 0.25) is 0 Å². The van der Waals surface area contributed by atoms with Gasteiger partial charge in [-0.05, 0) is 34.0 Å². The van der Waals surface area contributed by atoms with Crippen molar-refractivity contribution >= 4 is 11.6 Å². The van der Waals surface area contributed by atoms with Crippen molar-refractivity contribution < 1.29 is 9.72 Å². The molecule has 0 aromatic carbocycles. The van der Waals surface area contributed by atoms with Crippen molar-refractivity contribution in [2.45, 2.75) is 19.4 Å². The van der Waals surface area contributed by atoms with Gasteiger partial charge in [0.15, 0.2) is 0 Å². The maximum atomic E-state index is 11.8. The van der Waals surface area contributed by atoms with E-state index in [1.807, 2.05) is 19.0 Å². The Bertz CT molecular complexity index is 443. The van der Waals surface area contributed by atoms with E-state index in [-0.39, 0.29) is 11.6 Å². The van der Waals surface area contributed by atoms with Crippen molar-refractivity contribution in [3.05, 3.63) is 22.5 Å². The number of rotatable bonds is 7. The number of amides is 1. The second-order valence-corrected chi connectivity index (χ2v) is 4.56. The maximum Gasteiger partial charge on any atom is 0.307 e. The highest BCUT2D eigenvalue weighted by atomic mass is 16.6. The number of hydrogen-bond donors (Lipinski definition) is 1. The lowest BCUT2D eigenvalue weighted by atomic mass is 10.3. The molecule has 1 aromatic heterocycles. The Morgan fingerprint density at radius 3 is 2.84 bits per heavy atom. The molecule has 1 N–H and O–H groups in total. The Morgan fingerprint density at radius 2 is 2.32 bits per heavy atom. The average molecular weight is 269 g/mol. The highest BCUT2D eigenvalue weighted by molar-refractivity contribution is 5.79. The number of nitrogens with zero attached hydrogens (tertiary/aromatic N) is 4. The Hall–Kier alpha value is -1.96. The minimum Gasteiger partial charge on any atom is -0.354 e. The number of nitro groups is 1. The normalized spacial score (nSPS) is 12.4. The molecule has 1 rings (SSSR count). The second-order valence-electron chi connectivity index (χ2n) is 4.56. The van der Waals surface area contributed by atoms with E-state index in [1.165, 1.54) is 10.9 Å². The predicted octanol–water partition coefficient (Wildman–Crippen LogP) is 0.420. The minimum atomic E-state index is -0.562. The van der Waals surface area contributed by atoms with Crippen LogP contribution in [-0.2, 0) is 4.79 Å². The summed E-state index contributed by atoms with van der Waals surface area (Å²) in [7, 11) is 3.93. The van der Waals surface area contributed by atoms with E-state index in [4.69, 9.17) is 0 Å². The smallest absolute Gasteiger partial charge is 0.307 e. The fourth-order valence-corrected chi connectivity index (χ4v) is 1.51. The molecule has 0 aliphatic rings. The molecule has 0 saturated heterocycles. The van der Waals surface area contributed by atoms with Gasteiger partial charge in [0.25, 0.3) is 0 Å². The summed E-state index contributed by atoms with van der Waals surface area (Å²) in [6.45, 7) is 3.12. The van der Waals surface area contributed by atoms with Crippen molar-refractivity contribution in [1.82, 2.24) is 20.0 Å². The molecule has 1 amide bonds. The number of aromatic nitrogens is 2. The number of carbonyl (C=O) groups excluding carboxylic acids is 1. The zero-order valence-corrected chi connectivity index (χ0v) is 11.4. The van der Waals surface area contributed by atoms with Crippen LogP contribution >= 0.6 is 0 Å². The number of carbonyl (C=O) groups is 1. The fraction of sp³-hybridized carbons (Fsp3) is 0.636. The first kappa shape index (κ1) is 15.1. The summed E-state index contributed by atoms with van der Waals surface area (Å²) < 4.78 is 1.29. The SMILES string of the molecule is CC(C(=O)NCCCN(C)C)n1cc([N+](=O)[O-])cn1. The van der Waals surface area contributed by atoms with Gasteiger partial charge in [0, 0.05) is 6.54 Å². The lowest BCUT2D eigenvalue weighted by Gasteiger charge is -2.13. The maximum absolute atomic E-state index is 11.8. The van der Waals surface area contributed by atoms with Crippen LogP contribution in [0.15, 0.2) is 12.4 Å². The lowest BCUT2D eigenvalue weighted by molar-refractivity contribution is -0.385. The van der Waals surface area contributed by atoms with E-state index in [1.54, 1.807) is 6.92 Å². The van der Waals surface area contributed by atoms with E-state index in [0.717, 1.165) is 19.2 Å². The van der Waals surface area contributed by atoms with Crippen molar-refractivity contribution in [3.63, 3.8) is 0 Å². The molecule has 1 unspecified atom stereocenters. The van der Waals surface area contributed by atoms with Crippen LogP contribution in [0.3, 0.4) is 0 Å². The van der Waals surface area contributed by atoms with Gasteiger partial charge in [-0.3, -0.25) is 19.6 Å². The zero-order chi connectivity index (χ0) is 14.4. The van der Waals surface area contributed by atoms with Crippen LogP contribution in [0, 0.1) is 10.1 Å². The van der Waals surface area contributed by atoms with Crippen molar-refractivity contribution in [3.8, 4) is 0 Å². The minimum absolute atomic E-state index is 0.118. The highest BCUT2D eigenvalue weighted by Crippen LogP contribution is 2.12. The molecular weight excluding hydrogens is 250 g/mol. The van der Waals surface area contributed by atoms with Crippen LogP contribution < -0.4 is 5.32 Å². The molecule has 0 spiro atoms. The van der Waals surface area contributed by atoms with Gasteiger partial charge < -0.3 is 10.2 Å². The van der Waals surface area contributed by atoms with Gasteiger partial charge in [-0.1, -0.05) is 0 Å². The first-order valence-electron chi connectivity index (χ1n) is 6.03. The van der Waals surface area contributed by atoms with E-state index in [9.17, 15) is 14.9 Å². The lowest BCUT2D eigenvalue weighted by Crippen LogP contribution is -2.33. The van der Waals surface area contributed by atoms with Crippen LogP contribution in [-0.4, -0.2) is 52.7 Å². The van der Waals surface area contributed by atoms with E-state index >= 15 is 0 Å². The van der Waals surface area contributed by atoms with Crippen LogP contribution in [0.1, 0.15) is 19.4 Å². The first-order valence-corrected chi connectivity index (χ1v) is 6.03. The molecule has 19 heavy (non-hydrogen) atoms. The average Bonchev–Trinajstić information content (AvgIpc) is 2.82. The number of hydrogen-bond acceptors (Lipinski definition) is 5. The fourth-order valence-electron chi connectivity index (χ4n) is 1.51. The molecule has 1 aromatic rings. The quantitative estimate of drug-likeness (QED) is 0.440. The summed E-state index contributed by atoms with van der Waals surface area (Å²) in [6.07, 6.45) is 3.24. The zero-order valence-electron chi connectivity index (χ0n) is 11.4. The van der Waals surface area contributed by atoms with Gasteiger partial charge in [0.2, 0.25) is 5.91 Å². The standard InChI is InChI=1S/C11H19N5O3/c1-9(11(17)12-5-4-6-14(2)3)15-8-10(7-13-15)16(18)19/h7-9H,4-6H2,1-3H3,(H,12,17). The Balaban J connectivity index is 2.45. The monoisotopic (exact) mass is 269 g/mol. The molecule has 106 valence electrons. The van der Waals surface area contributed by atoms with Gasteiger partial charge >= 0.3 is 5.69 Å². The number of nitrogens with one attached hydrogen (secondary N) is 1. The summed E-state index contributed by atoms with van der Waals surface area (Å²) in [5, 5.41) is 17.1. The van der Waals surface area contributed by atoms with Gasteiger partial charge in [-0.25, -0.2) is 0 Å². The molecule has 0 aliphatic carbocycles. The van der Waals surface area contributed by atoms with E-state index in [2.05, 4.69) is 10.4 Å². The molecule has 1 atom stereocenters. The molecule has 0 saturated carbocycles.